The second-order valence-corrected chi connectivity index (χ2v) is 15.7. The number of anilines is 2. The Kier molecular flexibility index (Phi) is 11.3. The molecule has 1 unspecified atom stereocenters. The number of amides is 4. The van der Waals surface area contributed by atoms with E-state index in [1.807, 2.05) is 49.6 Å². The van der Waals surface area contributed by atoms with Crippen LogP contribution in [0.1, 0.15) is 77.1 Å². The van der Waals surface area contributed by atoms with Crippen LogP contribution in [0.4, 0.5) is 21.0 Å². The number of hydrogen-bond donors (Lipinski definition) is 4. The summed E-state index contributed by atoms with van der Waals surface area (Å²) in [6, 6.07) is 10.8. The number of carbonyl (C=O) groups is 4. The van der Waals surface area contributed by atoms with Crippen molar-refractivity contribution in [2.24, 2.45) is 11.8 Å². The van der Waals surface area contributed by atoms with E-state index < -0.39 is 24.3 Å². The molecule has 3 aliphatic heterocycles. The van der Waals surface area contributed by atoms with E-state index in [1.54, 1.807) is 0 Å². The van der Waals surface area contributed by atoms with Crippen molar-refractivity contribution in [2.45, 2.75) is 77.5 Å². The van der Waals surface area contributed by atoms with Crippen molar-refractivity contribution in [1.82, 2.24) is 40.4 Å². The van der Waals surface area contributed by atoms with Gasteiger partial charge >= 0.3 is 12.2 Å². The van der Waals surface area contributed by atoms with Gasteiger partial charge < -0.3 is 49.7 Å². The van der Waals surface area contributed by atoms with Gasteiger partial charge in [-0.3, -0.25) is 9.59 Å². The number of aromatic amines is 2. The number of methoxy groups -OCH3 is 2. The lowest BCUT2D eigenvalue weighted by Gasteiger charge is -2.37. The average Bonchev–Trinajstić information content (AvgIpc) is 4.03. The van der Waals surface area contributed by atoms with Crippen LogP contribution < -0.4 is 20.4 Å². The molecule has 16 heteroatoms. The van der Waals surface area contributed by atoms with Crippen LogP contribution in [0.15, 0.2) is 36.4 Å². The molecular weight excluding hydrogens is 717 g/mol. The number of H-pyrrole nitrogens is 2. The minimum atomic E-state index is -0.682. The maximum Gasteiger partial charge on any atom is 0.407 e. The molecule has 4 N–H and O–H groups in total. The molecule has 4 aromatic rings. The summed E-state index contributed by atoms with van der Waals surface area (Å²) in [4.78, 5) is 76.5. The predicted molar refractivity (Wildman–Crippen MR) is 212 cm³/mol. The molecular formula is C40H54N10O6. The number of imidazole rings is 2. The van der Waals surface area contributed by atoms with E-state index in [0.29, 0.717) is 13.1 Å². The highest BCUT2D eigenvalue weighted by Gasteiger charge is 2.39. The van der Waals surface area contributed by atoms with Gasteiger partial charge in [0.15, 0.2) is 0 Å². The molecule has 3 aliphatic rings. The van der Waals surface area contributed by atoms with Crippen LogP contribution >= 0.6 is 0 Å². The number of alkyl carbamates (subject to hydrolysis) is 2. The van der Waals surface area contributed by atoms with Crippen LogP contribution in [0.2, 0.25) is 0 Å². The lowest BCUT2D eigenvalue weighted by molar-refractivity contribution is -0.136. The molecule has 5 heterocycles. The van der Waals surface area contributed by atoms with Crippen molar-refractivity contribution < 1.29 is 28.7 Å². The van der Waals surface area contributed by atoms with Crippen LogP contribution in [0, 0.1) is 11.8 Å². The molecule has 0 bridgehead atoms. The quantitative estimate of drug-likeness (QED) is 0.174. The highest BCUT2D eigenvalue weighted by Crippen LogP contribution is 2.35. The van der Waals surface area contributed by atoms with Gasteiger partial charge in [-0.05, 0) is 73.9 Å². The fourth-order valence-corrected chi connectivity index (χ4v) is 8.35. The number of benzene rings is 2. The molecule has 3 fully saturated rings. The third-order valence-electron chi connectivity index (χ3n) is 11.5. The first kappa shape index (κ1) is 38.7. The summed E-state index contributed by atoms with van der Waals surface area (Å²) in [5, 5.41) is 5.43. The molecule has 4 atom stereocenters. The summed E-state index contributed by atoms with van der Waals surface area (Å²) in [6.45, 7) is 12.2. The SMILES string of the molecule is COC(=O)N[C@H](C(=O)N1CCCC1c1nc2ccc(N3CCN(c4ccc5nc([C@@H]6CCCN6C(=O)[C@@H](NC(=O)OC)C(C)C)[nH]c5c4)CC3)cc2[nH]1)C(C)C. The molecule has 3 saturated heterocycles. The van der Waals surface area contributed by atoms with E-state index in [2.05, 4.69) is 54.7 Å². The Morgan fingerprint density at radius 1 is 0.643 bits per heavy atom. The second kappa shape index (κ2) is 16.3. The fourth-order valence-electron chi connectivity index (χ4n) is 8.35. The van der Waals surface area contributed by atoms with Crippen molar-refractivity contribution >= 4 is 57.4 Å². The lowest BCUT2D eigenvalue weighted by Crippen LogP contribution is -2.51. The summed E-state index contributed by atoms with van der Waals surface area (Å²) in [6.07, 6.45) is 2.07. The third kappa shape index (κ3) is 7.78. The third-order valence-corrected chi connectivity index (χ3v) is 11.5. The first-order valence-corrected chi connectivity index (χ1v) is 19.7. The lowest BCUT2D eigenvalue weighted by atomic mass is 10.0. The van der Waals surface area contributed by atoms with Gasteiger partial charge in [-0.15, -0.1) is 0 Å². The zero-order valence-electron chi connectivity index (χ0n) is 33.1. The minimum Gasteiger partial charge on any atom is -0.453 e. The first-order chi connectivity index (χ1) is 26.9. The van der Waals surface area contributed by atoms with Gasteiger partial charge in [-0.25, -0.2) is 19.6 Å². The standard InChI is InChI=1S/C40H54N10O6/c1-23(2)33(45-39(53)55-5)37(51)49-15-7-9-31(49)35-41-27-13-11-25(21-29(27)43-35)47-17-19-48(20-18-47)26-12-14-28-30(22-26)44-36(42-28)32-10-8-16-50(32)38(52)34(24(3)4)46-40(54)56-6/h11-14,21-24,31-34H,7-10,15-20H2,1-6H3,(H,41,43)(H,42,44)(H,45,53)(H,46,54)/t31-,32?,33-,34-/m0/s1. The molecule has 4 amide bonds. The topological polar surface area (TPSA) is 181 Å². The van der Waals surface area contributed by atoms with E-state index in [0.717, 1.165) is 97.0 Å². The smallest absolute Gasteiger partial charge is 0.407 e. The first-order valence-electron chi connectivity index (χ1n) is 19.7. The molecule has 2 aromatic heterocycles. The van der Waals surface area contributed by atoms with Gasteiger partial charge in [-0.2, -0.15) is 0 Å². The number of nitrogens with one attached hydrogen (secondary N) is 4. The van der Waals surface area contributed by atoms with E-state index in [-0.39, 0.29) is 35.7 Å². The zero-order chi connectivity index (χ0) is 39.7. The summed E-state index contributed by atoms with van der Waals surface area (Å²) < 4.78 is 9.55. The summed E-state index contributed by atoms with van der Waals surface area (Å²) in [5.74, 6) is 1.06. The summed E-state index contributed by atoms with van der Waals surface area (Å²) in [5.41, 5.74) is 5.78. The highest BCUT2D eigenvalue weighted by molar-refractivity contribution is 5.88. The van der Waals surface area contributed by atoms with Gasteiger partial charge in [0.1, 0.15) is 23.7 Å². The Balaban J connectivity index is 1.000. The number of likely N-dealkylation sites (tertiary alicyclic amines) is 2. The monoisotopic (exact) mass is 770 g/mol. The molecule has 16 nitrogen and oxygen atoms in total. The number of nitrogens with zero attached hydrogens (tertiary/aromatic N) is 6. The van der Waals surface area contributed by atoms with Crippen molar-refractivity contribution in [3.05, 3.63) is 48.0 Å². The van der Waals surface area contributed by atoms with E-state index in [9.17, 15) is 19.2 Å². The number of hydrogen-bond acceptors (Lipinski definition) is 10. The Labute approximate surface area is 326 Å². The Bertz CT molecular complexity index is 1920. The van der Waals surface area contributed by atoms with E-state index in [4.69, 9.17) is 19.4 Å². The number of aromatic nitrogens is 4. The normalized spacial score (nSPS) is 19.9. The van der Waals surface area contributed by atoms with Gasteiger partial charge in [0.05, 0.1) is 48.4 Å². The molecule has 0 saturated carbocycles. The highest BCUT2D eigenvalue weighted by atomic mass is 16.5. The van der Waals surface area contributed by atoms with Crippen LogP contribution in [0.5, 0.6) is 0 Å². The summed E-state index contributed by atoms with van der Waals surface area (Å²) in [7, 11) is 2.59. The molecule has 7 rings (SSSR count). The van der Waals surface area contributed by atoms with Crippen LogP contribution in [-0.2, 0) is 19.1 Å². The predicted octanol–water partition coefficient (Wildman–Crippen LogP) is 4.85. The van der Waals surface area contributed by atoms with Gasteiger partial charge in [0.2, 0.25) is 11.8 Å². The largest absolute Gasteiger partial charge is 0.453 e. The summed E-state index contributed by atoms with van der Waals surface area (Å²) >= 11 is 0. The number of rotatable bonds is 10. The Hall–Kier alpha value is -5.54. The van der Waals surface area contributed by atoms with Crippen molar-refractivity contribution in [3.63, 3.8) is 0 Å². The molecule has 0 radical (unpaired) electrons. The van der Waals surface area contributed by atoms with E-state index in [1.165, 1.54) is 14.2 Å². The van der Waals surface area contributed by atoms with E-state index >= 15 is 0 Å². The molecule has 0 spiro atoms. The molecule has 0 aliphatic carbocycles. The number of piperazine rings is 1. The number of fused-ring (bicyclic) bond motifs is 2. The minimum absolute atomic E-state index is 0.0998. The van der Waals surface area contributed by atoms with Crippen LogP contribution in [0.25, 0.3) is 22.1 Å². The Morgan fingerprint density at radius 2 is 1.04 bits per heavy atom. The van der Waals surface area contributed by atoms with Gasteiger partial charge in [-0.1, -0.05) is 27.7 Å². The van der Waals surface area contributed by atoms with Crippen molar-refractivity contribution in [3.8, 4) is 0 Å². The number of ether oxygens (including phenoxy) is 2. The zero-order valence-corrected chi connectivity index (χ0v) is 33.1. The van der Waals surface area contributed by atoms with Crippen molar-refractivity contribution in [1.29, 1.82) is 0 Å². The molecule has 56 heavy (non-hydrogen) atoms. The van der Waals surface area contributed by atoms with Gasteiger partial charge in [0, 0.05) is 50.6 Å². The average molecular weight is 771 g/mol. The van der Waals surface area contributed by atoms with Crippen LogP contribution in [-0.4, -0.2) is 119 Å². The molecule has 2 aromatic carbocycles. The maximum atomic E-state index is 13.6. The molecule has 300 valence electrons. The van der Waals surface area contributed by atoms with Crippen molar-refractivity contribution in [2.75, 3.05) is 63.3 Å². The van der Waals surface area contributed by atoms with Gasteiger partial charge in [0.25, 0.3) is 0 Å². The maximum absolute atomic E-state index is 13.6. The second-order valence-electron chi connectivity index (χ2n) is 15.7. The fraction of sp³-hybridized carbons (Fsp3) is 0.550. The Morgan fingerprint density at radius 3 is 1.39 bits per heavy atom. The number of carbonyl (C=O) groups excluding carboxylic acids is 4. The van der Waals surface area contributed by atoms with Crippen LogP contribution in [0.3, 0.4) is 0 Å².